The van der Waals surface area contributed by atoms with Gasteiger partial charge in [0.1, 0.15) is 0 Å². The number of nitrogens with one attached hydrogen (secondary N) is 1. The van der Waals surface area contributed by atoms with E-state index in [1.165, 1.54) is 11.0 Å². The fraction of sp³-hybridized carbons (Fsp3) is 0.514. The summed E-state index contributed by atoms with van der Waals surface area (Å²) in [5.74, 6) is -0.436. The van der Waals surface area contributed by atoms with E-state index in [2.05, 4.69) is 42.7 Å². The van der Waals surface area contributed by atoms with E-state index >= 15 is 0 Å². The first-order valence-corrected chi connectivity index (χ1v) is 19.0. The third-order valence-electron chi connectivity index (χ3n) is 11.0. The number of piperidine rings is 2. The number of H-pyrrole nitrogens is 1. The molecule has 0 saturated carbocycles. The molecular formula is C37H44BrF3N8O4. The molecule has 0 bridgehead atoms. The first kappa shape index (κ1) is 37.2. The lowest BCUT2D eigenvalue weighted by atomic mass is 9.99. The van der Waals surface area contributed by atoms with Crippen LogP contribution in [0, 0.1) is 0 Å². The van der Waals surface area contributed by atoms with Crippen molar-refractivity contribution in [1.29, 1.82) is 0 Å². The standard InChI is InChI=1S/C37H44BrF3N8O4/c1-45-11-4-12-46(18-17-45)24-7-13-47(14-8-24)34(50)31(21-23-19-27(37(39,40)41)32(42)28(38)20-23)53-36(52)48-15-9-25(10-16-48)49-30-22-43-29-6-3-2-5-26(29)33(30)44-35(49)51/h2-3,5-6,19-20,22,24-25,31H,4,7-18,21,42H2,1H3,(H,44,51)/t31-/m1/s1. The van der Waals surface area contributed by atoms with E-state index in [1.807, 2.05) is 24.3 Å². The molecule has 16 heteroatoms. The fourth-order valence-corrected chi connectivity index (χ4v) is 8.60. The van der Waals surface area contributed by atoms with E-state index in [-0.39, 0.29) is 41.3 Å². The zero-order valence-electron chi connectivity index (χ0n) is 29.6. The number of pyridine rings is 1. The predicted octanol–water partition coefficient (Wildman–Crippen LogP) is 5.25. The maximum Gasteiger partial charge on any atom is 0.418 e. The van der Waals surface area contributed by atoms with E-state index in [4.69, 9.17) is 10.5 Å². The number of aromatic amines is 1. The summed E-state index contributed by atoms with van der Waals surface area (Å²) >= 11 is 3.14. The normalized spacial score (nSPS) is 19.5. The molecule has 3 N–H and O–H groups in total. The Morgan fingerprint density at radius 1 is 0.981 bits per heavy atom. The number of likely N-dealkylation sites (N-methyl/N-ethyl adjacent to an activating group) is 1. The monoisotopic (exact) mass is 800 g/mol. The summed E-state index contributed by atoms with van der Waals surface area (Å²) in [5.41, 5.74) is 6.33. The molecule has 7 rings (SSSR count). The number of fused-ring (bicyclic) bond motifs is 3. The van der Waals surface area contributed by atoms with Crippen molar-refractivity contribution in [1.82, 2.24) is 34.1 Å². The van der Waals surface area contributed by atoms with Crippen molar-refractivity contribution in [2.45, 2.75) is 62.9 Å². The van der Waals surface area contributed by atoms with E-state index in [1.54, 1.807) is 15.7 Å². The Morgan fingerprint density at radius 3 is 2.42 bits per heavy atom. The van der Waals surface area contributed by atoms with Gasteiger partial charge in [-0.3, -0.25) is 19.2 Å². The van der Waals surface area contributed by atoms with Gasteiger partial charge in [0.05, 0.1) is 34.0 Å². The third kappa shape index (κ3) is 7.90. The highest BCUT2D eigenvalue weighted by molar-refractivity contribution is 9.10. The smallest absolute Gasteiger partial charge is 0.418 e. The molecule has 3 aliphatic heterocycles. The Labute approximate surface area is 313 Å². The number of ether oxygens (including phenoxy) is 1. The van der Waals surface area contributed by atoms with Gasteiger partial charge in [0.15, 0.2) is 6.10 Å². The van der Waals surface area contributed by atoms with Gasteiger partial charge in [0.2, 0.25) is 0 Å². The Bertz CT molecular complexity index is 2040. The molecular weight excluding hydrogens is 757 g/mol. The number of anilines is 1. The summed E-state index contributed by atoms with van der Waals surface area (Å²) in [6.07, 6.45) is -1.88. The number of nitrogen functional groups attached to an aromatic ring is 1. The molecule has 2 aromatic carbocycles. The zero-order valence-corrected chi connectivity index (χ0v) is 31.2. The van der Waals surface area contributed by atoms with E-state index < -0.39 is 35.5 Å². The molecule has 0 unspecified atom stereocenters. The first-order chi connectivity index (χ1) is 25.4. The quantitative estimate of drug-likeness (QED) is 0.253. The lowest BCUT2D eigenvalue weighted by molar-refractivity contribution is -0.142. The van der Waals surface area contributed by atoms with Crippen molar-refractivity contribution in [3.05, 3.63) is 68.7 Å². The average Bonchev–Trinajstić information content (AvgIpc) is 3.33. The number of likely N-dealkylation sites (tertiary alicyclic amines) is 2. The number of nitrogens with two attached hydrogens (primary N) is 1. The lowest BCUT2D eigenvalue weighted by Crippen LogP contribution is -2.51. The number of carbonyl (C=O) groups is 2. The maximum atomic E-state index is 14.1. The van der Waals surface area contributed by atoms with Crippen LogP contribution in [0.3, 0.4) is 0 Å². The number of aromatic nitrogens is 3. The number of benzene rings is 2. The molecule has 0 aliphatic carbocycles. The average molecular weight is 802 g/mol. The van der Waals surface area contributed by atoms with E-state index in [9.17, 15) is 27.6 Å². The highest BCUT2D eigenvalue weighted by Crippen LogP contribution is 2.38. The van der Waals surface area contributed by atoms with Crippen LogP contribution < -0.4 is 11.4 Å². The van der Waals surface area contributed by atoms with Gasteiger partial charge in [-0.15, -0.1) is 0 Å². The van der Waals surface area contributed by atoms with Gasteiger partial charge in [-0.1, -0.05) is 18.2 Å². The Morgan fingerprint density at radius 2 is 1.68 bits per heavy atom. The van der Waals surface area contributed by atoms with Gasteiger partial charge >= 0.3 is 18.0 Å². The van der Waals surface area contributed by atoms with Crippen molar-refractivity contribution in [2.24, 2.45) is 0 Å². The van der Waals surface area contributed by atoms with Crippen LogP contribution in [0.4, 0.5) is 23.7 Å². The van der Waals surface area contributed by atoms with Crippen LogP contribution >= 0.6 is 15.9 Å². The fourth-order valence-electron chi connectivity index (χ4n) is 8.09. The number of para-hydroxylation sites is 1. The number of alkyl halides is 3. The highest BCUT2D eigenvalue weighted by atomic mass is 79.9. The number of carbonyl (C=O) groups excluding carboxylic acids is 2. The van der Waals surface area contributed by atoms with Gasteiger partial charge < -0.3 is 30.2 Å². The highest BCUT2D eigenvalue weighted by Gasteiger charge is 2.38. The first-order valence-electron chi connectivity index (χ1n) is 18.2. The maximum absolute atomic E-state index is 14.1. The van der Waals surface area contributed by atoms with E-state index in [0.717, 1.165) is 62.4 Å². The van der Waals surface area contributed by atoms with Crippen molar-refractivity contribution in [3.63, 3.8) is 0 Å². The minimum Gasteiger partial charge on any atom is -0.436 e. The van der Waals surface area contributed by atoms with Crippen LogP contribution in [0.5, 0.6) is 0 Å². The molecule has 0 spiro atoms. The van der Waals surface area contributed by atoms with Crippen LogP contribution in [0.15, 0.2) is 51.9 Å². The second-order valence-corrected chi connectivity index (χ2v) is 15.3. The lowest BCUT2D eigenvalue weighted by Gasteiger charge is -2.39. The summed E-state index contributed by atoms with van der Waals surface area (Å²) in [7, 11) is 2.12. The molecule has 284 valence electrons. The largest absolute Gasteiger partial charge is 0.436 e. The second-order valence-electron chi connectivity index (χ2n) is 14.4. The number of halogens is 4. The van der Waals surface area contributed by atoms with Crippen molar-refractivity contribution < 1.29 is 27.5 Å². The van der Waals surface area contributed by atoms with Gasteiger partial charge in [-0.05, 0) is 91.9 Å². The summed E-state index contributed by atoms with van der Waals surface area (Å²) < 4.78 is 49.3. The number of nitrogens with zero attached hydrogens (tertiary/aromatic N) is 6. The third-order valence-corrected chi connectivity index (χ3v) is 11.7. The molecule has 3 aliphatic rings. The molecule has 3 saturated heterocycles. The topological polar surface area (TPSA) is 133 Å². The van der Waals surface area contributed by atoms with Gasteiger partial charge in [-0.2, -0.15) is 13.2 Å². The Hall–Kier alpha value is -4.15. The SMILES string of the molecule is CN1CCCN(C2CCN(C(=O)[C@@H](Cc3cc(Br)c(N)c(C(F)(F)F)c3)OC(=O)N3CCC(n4c(=O)[nH]c5c6ccccc6ncc54)CC3)CC2)CC1. The Balaban J connectivity index is 1.06. The molecule has 1 atom stereocenters. The summed E-state index contributed by atoms with van der Waals surface area (Å²) in [4.78, 5) is 56.4. The van der Waals surface area contributed by atoms with Gasteiger partial charge in [0, 0.05) is 67.6 Å². The molecule has 3 fully saturated rings. The van der Waals surface area contributed by atoms with Gasteiger partial charge in [0.25, 0.3) is 5.91 Å². The molecule has 2 amide bonds. The number of hydrogen-bond acceptors (Lipinski definition) is 8. The minimum atomic E-state index is -4.72. The minimum absolute atomic E-state index is 0.0431. The summed E-state index contributed by atoms with van der Waals surface area (Å²) in [6.45, 7) is 5.42. The van der Waals surface area contributed by atoms with Gasteiger partial charge in [-0.25, -0.2) is 9.59 Å². The van der Waals surface area contributed by atoms with Crippen LogP contribution in [-0.2, 0) is 22.1 Å². The Kier molecular flexibility index (Phi) is 10.7. The van der Waals surface area contributed by atoms with E-state index in [0.29, 0.717) is 43.0 Å². The molecule has 53 heavy (non-hydrogen) atoms. The molecule has 5 heterocycles. The number of rotatable bonds is 6. The molecule has 0 radical (unpaired) electrons. The van der Waals surface area contributed by atoms with Crippen LogP contribution in [0.25, 0.3) is 21.9 Å². The summed E-state index contributed by atoms with van der Waals surface area (Å²) in [5, 5.41) is 0.840. The van der Waals surface area contributed by atoms with Crippen molar-refractivity contribution in [2.75, 3.05) is 65.1 Å². The zero-order chi connectivity index (χ0) is 37.4. The summed E-state index contributed by atoms with van der Waals surface area (Å²) in [6, 6.07) is 10.0. The molecule has 2 aromatic heterocycles. The van der Waals surface area contributed by atoms with Crippen LogP contribution in [-0.4, -0.2) is 118 Å². The van der Waals surface area contributed by atoms with Crippen molar-refractivity contribution in [3.8, 4) is 0 Å². The van der Waals surface area contributed by atoms with Crippen LogP contribution in [0.1, 0.15) is 49.3 Å². The predicted molar refractivity (Wildman–Crippen MR) is 199 cm³/mol. The second kappa shape index (κ2) is 15.3. The van der Waals surface area contributed by atoms with Crippen molar-refractivity contribution >= 4 is 55.6 Å². The van der Waals surface area contributed by atoms with Crippen LogP contribution in [0.2, 0.25) is 0 Å². The number of hydrogen-bond donors (Lipinski definition) is 2. The number of amides is 2. The number of imidazole rings is 1. The molecule has 4 aromatic rings. The molecule has 12 nitrogen and oxygen atoms in total.